The van der Waals surface area contributed by atoms with E-state index in [4.69, 9.17) is 19.3 Å². The van der Waals surface area contributed by atoms with Gasteiger partial charge in [0.15, 0.2) is 0 Å². The van der Waals surface area contributed by atoms with Gasteiger partial charge in [0.25, 0.3) is 0 Å². The maximum atomic E-state index is 11.5. The van der Waals surface area contributed by atoms with Gasteiger partial charge in [-0.1, -0.05) is 26.3 Å². The fourth-order valence-electron chi connectivity index (χ4n) is 1.13. The molecule has 0 radical (unpaired) electrons. The first kappa shape index (κ1) is 26.1. The summed E-state index contributed by atoms with van der Waals surface area (Å²) in [5.74, 6) is -2.72. The van der Waals surface area contributed by atoms with Crippen LogP contribution in [0.1, 0.15) is 27.2 Å². The number of hydrogen-bond donors (Lipinski definition) is 1. The summed E-state index contributed by atoms with van der Waals surface area (Å²) in [6.45, 7) is 17.7. The largest absolute Gasteiger partial charge is 0.478 e. The highest BCUT2D eigenvalue weighted by atomic mass is 16.6. The van der Waals surface area contributed by atoms with E-state index in [1.54, 1.807) is 0 Å². The van der Waals surface area contributed by atoms with Crippen LogP contribution in [0, 0.1) is 0 Å². The van der Waals surface area contributed by atoms with Gasteiger partial charge in [-0.15, -0.1) is 0 Å². The molecule has 1 N–H and O–H groups in total. The Labute approximate surface area is 158 Å². The van der Waals surface area contributed by atoms with Gasteiger partial charge in [-0.05, 0) is 20.8 Å². The Morgan fingerprint density at radius 3 is 1.67 bits per heavy atom. The highest BCUT2D eigenvalue weighted by molar-refractivity contribution is 5.88. The van der Waals surface area contributed by atoms with Gasteiger partial charge in [0.2, 0.25) is 0 Å². The molecule has 0 saturated carbocycles. The number of hydrogen-bond acceptors (Lipinski definition) is 7. The van der Waals surface area contributed by atoms with Gasteiger partial charge < -0.3 is 19.3 Å². The van der Waals surface area contributed by atoms with Crippen LogP contribution in [0.4, 0.5) is 0 Å². The van der Waals surface area contributed by atoms with Crippen molar-refractivity contribution < 1.29 is 38.5 Å². The molecule has 0 aromatic heterocycles. The average molecular weight is 382 g/mol. The molecule has 1 atom stereocenters. The molecule has 150 valence electrons. The molecule has 0 rings (SSSR count). The molecule has 8 heteroatoms. The summed E-state index contributed by atoms with van der Waals surface area (Å²) >= 11 is 0. The SMILES string of the molecule is C=C(C)C(=O)OCCC(COC(=O)C(=C)C)OC(=O)C(=C)C.C=CC(=O)O. The maximum Gasteiger partial charge on any atom is 0.333 e. The van der Waals surface area contributed by atoms with E-state index in [-0.39, 0.29) is 36.4 Å². The number of carboxylic acid groups (broad SMARTS) is 1. The lowest BCUT2D eigenvalue weighted by atomic mass is 10.2. The minimum atomic E-state index is -0.981. The monoisotopic (exact) mass is 382 g/mol. The molecular weight excluding hydrogens is 356 g/mol. The number of esters is 3. The number of carbonyl (C=O) groups is 4. The minimum Gasteiger partial charge on any atom is -0.478 e. The quantitative estimate of drug-likeness (QED) is 0.348. The van der Waals surface area contributed by atoms with Gasteiger partial charge in [0.1, 0.15) is 12.7 Å². The molecule has 0 aromatic rings. The second-order valence-electron chi connectivity index (χ2n) is 5.43. The fraction of sp³-hybridized carbons (Fsp3) is 0.368. The smallest absolute Gasteiger partial charge is 0.333 e. The van der Waals surface area contributed by atoms with Crippen LogP contribution in [0.5, 0.6) is 0 Å². The Kier molecular flexibility index (Phi) is 13.6. The molecule has 0 fully saturated rings. The molecule has 0 aliphatic carbocycles. The van der Waals surface area contributed by atoms with Gasteiger partial charge in [-0.2, -0.15) is 0 Å². The van der Waals surface area contributed by atoms with Crippen molar-refractivity contribution >= 4 is 23.9 Å². The normalized spacial score (nSPS) is 10.2. The topological polar surface area (TPSA) is 116 Å². The van der Waals surface area contributed by atoms with Crippen LogP contribution in [-0.2, 0) is 33.4 Å². The summed E-state index contributed by atoms with van der Waals surface area (Å²) in [5.41, 5.74) is 0.720. The summed E-state index contributed by atoms with van der Waals surface area (Å²) < 4.78 is 15.0. The number of carboxylic acids is 1. The zero-order valence-electron chi connectivity index (χ0n) is 15.9. The molecule has 0 heterocycles. The summed E-state index contributed by atoms with van der Waals surface area (Å²) in [5, 5.41) is 7.60. The van der Waals surface area contributed by atoms with E-state index < -0.39 is 30.0 Å². The van der Waals surface area contributed by atoms with Crippen molar-refractivity contribution in [3.8, 4) is 0 Å². The predicted octanol–water partition coefficient (Wildman–Crippen LogP) is 2.36. The van der Waals surface area contributed by atoms with Crippen LogP contribution in [0.3, 0.4) is 0 Å². The molecule has 0 aliphatic rings. The van der Waals surface area contributed by atoms with E-state index in [1.165, 1.54) is 20.8 Å². The van der Waals surface area contributed by atoms with Crippen molar-refractivity contribution in [3.63, 3.8) is 0 Å². The van der Waals surface area contributed by atoms with E-state index in [1.807, 2.05) is 0 Å². The minimum absolute atomic E-state index is 0.00442. The van der Waals surface area contributed by atoms with E-state index in [0.717, 1.165) is 6.08 Å². The third-order valence-electron chi connectivity index (χ3n) is 2.57. The van der Waals surface area contributed by atoms with Crippen molar-refractivity contribution in [3.05, 3.63) is 49.1 Å². The Bertz CT molecular complexity index is 615. The lowest BCUT2D eigenvalue weighted by molar-refractivity contribution is -0.156. The second kappa shape index (κ2) is 14.1. The van der Waals surface area contributed by atoms with Gasteiger partial charge >= 0.3 is 23.9 Å². The predicted molar refractivity (Wildman–Crippen MR) is 98.7 cm³/mol. The van der Waals surface area contributed by atoms with Crippen molar-refractivity contribution in [1.29, 1.82) is 0 Å². The third-order valence-corrected chi connectivity index (χ3v) is 2.57. The Morgan fingerprint density at radius 1 is 0.889 bits per heavy atom. The van der Waals surface area contributed by atoms with E-state index in [9.17, 15) is 19.2 Å². The molecule has 0 saturated heterocycles. The van der Waals surface area contributed by atoms with Gasteiger partial charge in [0, 0.05) is 29.2 Å². The molecule has 27 heavy (non-hydrogen) atoms. The summed E-state index contributed by atoms with van der Waals surface area (Å²) in [7, 11) is 0. The first-order valence-corrected chi connectivity index (χ1v) is 7.79. The van der Waals surface area contributed by atoms with Crippen molar-refractivity contribution in [1.82, 2.24) is 0 Å². The molecular formula is C19H26O8. The van der Waals surface area contributed by atoms with Crippen LogP contribution < -0.4 is 0 Å². The lowest BCUT2D eigenvalue weighted by Gasteiger charge is -2.18. The first-order chi connectivity index (χ1) is 12.4. The summed E-state index contributed by atoms with van der Waals surface area (Å²) in [4.78, 5) is 43.4. The average Bonchev–Trinajstić information content (AvgIpc) is 2.58. The van der Waals surface area contributed by atoms with Crippen molar-refractivity contribution in [2.75, 3.05) is 13.2 Å². The van der Waals surface area contributed by atoms with Crippen molar-refractivity contribution in [2.45, 2.75) is 33.3 Å². The molecule has 8 nitrogen and oxygen atoms in total. The summed E-state index contributed by atoms with van der Waals surface area (Å²) in [6.07, 6.45) is 0.270. The van der Waals surface area contributed by atoms with Crippen molar-refractivity contribution in [2.24, 2.45) is 0 Å². The van der Waals surface area contributed by atoms with E-state index in [2.05, 4.69) is 26.3 Å². The molecule has 0 aromatic carbocycles. The van der Waals surface area contributed by atoms with Crippen LogP contribution in [0.2, 0.25) is 0 Å². The zero-order valence-corrected chi connectivity index (χ0v) is 15.9. The highest BCUT2D eigenvalue weighted by Gasteiger charge is 2.18. The lowest BCUT2D eigenvalue weighted by Crippen LogP contribution is -2.27. The standard InChI is InChI=1S/C16H22O6.C3H4O2/c1-10(2)14(17)20-8-7-13(22-16(19)12(5)6)9-21-15(18)11(3)4;1-2-3(4)5/h13H,1,3,5,7-9H2,2,4,6H3;2H,1H2,(H,4,5). The molecule has 1 unspecified atom stereocenters. The Morgan fingerprint density at radius 2 is 1.30 bits per heavy atom. The Hall–Kier alpha value is -3.16. The van der Waals surface area contributed by atoms with Crippen LogP contribution >= 0.6 is 0 Å². The number of aliphatic carboxylic acids is 1. The molecule has 0 spiro atoms. The Balaban J connectivity index is 0. The maximum absolute atomic E-state index is 11.5. The van der Waals surface area contributed by atoms with Gasteiger partial charge in [-0.3, -0.25) is 0 Å². The van der Waals surface area contributed by atoms with E-state index >= 15 is 0 Å². The number of rotatable bonds is 10. The van der Waals surface area contributed by atoms with Gasteiger partial charge in [0.05, 0.1) is 6.61 Å². The molecule has 0 aliphatic heterocycles. The number of ether oxygens (including phenoxy) is 3. The highest BCUT2D eigenvalue weighted by Crippen LogP contribution is 2.07. The third kappa shape index (κ3) is 14.9. The van der Waals surface area contributed by atoms with E-state index in [0.29, 0.717) is 0 Å². The van der Waals surface area contributed by atoms with Gasteiger partial charge in [-0.25, -0.2) is 19.2 Å². The number of carbonyl (C=O) groups excluding carboxylic acids is 3. The summed E-state index contributed by atoms with van der Waals surface area (Å²) in [6, 6.07) is 0. The van der Waals surface area contributed by atoms with Crippen LogP contribution in [0.15, 0.2) is 49.1 Å². The second-order valence-corrected chi connectivity index (χ2v) is 5.43. The molecule has 0 bridgehead atoms. The van der Waals surface area contributed by atoms with Crippen LogP contribution in [-0.4, -0.2) is 48.3 Å². The van der Waals surface area contributed by atoms with Crippen LogP contribution in [0.25, 0.3) is 0 Å². The fourth-order valence-corrected chi connectivity index (χ4v) is 1.13. The zero-order chi connectivity index (χ0) is 21.6. The first-order valence-electron chi connectivity index (χ1n) is 7.79. The molecule has 0 amide bonds.